The van der Waals surface area contributed by atoms with Gasteiger partial charge in [0.2, 0.25) is 5.43 Å². The molecule has 0 aliphatic carbocycles. The minimum absolute atomic E-state index is 0.0368. The quantitative estimate of drug-likeness (QED) is 0.0658. The molecule has 7 rings (SSSR count). The van der Waals surface area contributed by atoms with E-state index in [1.54, 1.807) is 40.7 Å². The van der Waals surface area contributed by atoms with Crippen molar-refractivity contribution >= 4 is 46.7 Å². The Labute approximate surface area is 475 Å². The van der Waals surface area contributed by atoms with Crippen LogP contribution in [0.15, 0.2) is 28.0 Å². The van der Waals surface area contributed by atoms with Crippen LogP contribution in [-0.2, 0) is 58.6 Å². The molecule has 450 valence electrons. The van der Waals surface area contributed by atoms with Crippen LogP contribution in [0.4, 0.5) is 4.79 Å². The molecular weight excluding hydrogens is 1060 g/mol. The Hall–Kier alpha value is -3.94. The summed E-state index contributed by atoms with van der Waals surface area (Å²) >= 11 is 1.54. The van der Waals surface area contributed by atoms with Gasteiger partial charge in [0.15, 0.2) is 30.4 Å². The van der Waals surface area contributed by atoms with E-state index in [1.807, 2.05) is 77.1 Å². The van der Waals surface area contributed by atoms with Crippen molar-refractivity contribution in [3.05, 3.63) is 39.7 Å². The topological polar surface area (TPSA) is 253 Å². The zero-order valence-corrected chi connectivity index (χ0v) is 50.4. The van der Waals surface area contributed by atoms with Crippen molar-refractivity contribution in [1.82, 2.24) is 19.7 Å². The third-order valence-corrected chi connectivity index (χ3v) is 18.6. The first-order valence-electron chi connectivity index (χ1n) is 28.6. The molecule has 4 saturated heterocycles. The minimum Gasteiger partial charge on any atom is -0.477 e. The number of thioether (sulfide) groups is 1. The van der Waals surface area contributed by atoms with Gasteiger partial charge in [0.05, 0.1) is 47.9 Å². The molecule has 4 N–H and O–H groups in total. The maximum atomic E-state index is 14.8. The van der Waals surface area contributed by atoms with Crippen LogP contribution < -0.4 is 10.7 Å². The van der Waals surface area contributed by atoms with Crippen LogP contribution >= 0.6 is 11.8 Å². The Balaban J connectivity index is 1.07. The molecule has 19 atom stereocenters. The Kier molecular flexibility index (Phi) is 20.6. The zero-order chi connectivity index (χ0) is 58.9. The summed E-state index contributed by atoms with van der Waals surface area (Å²) in [6.45, 7) is 21.5. The molecule has 2 aromatic rings. The van der Waals surface area contributed by atoms with Gasteiger partial charge < -0.3 is 72.7 Å². The number of likely N-dealkylation sites (N-methyl/N-ethyl adjacent to an activating group) is 2. The lowest BCUT2D eigenvalue weighted by atomic mass is 9.77. The molecule has 6 heterocycles. The number of aromatic nitrogens is 1. The number of aliphatic hydroxyl groups excluding tert-OH is 1. The van der Waals surface area contributed by atoms with Crippen molar-refractivity contribution in [1.29, 1.82) is 0 Å². The van der Waals surface area contributed by atoms with Crippen LogP contribution in [-0.4, -0.2) is 198 Å². The number of nitrogens with one attached hydrogen (secondary N) is 1. The molecule has 1 unspecified atom stereocenters. The lowest BCUT2D eigenvalue weighted by Gasteiger charge is -2.49. The fraction of sp³-hybridized carbons (Fsp3) is 0.776. The number of pyridine rings is 1. The molecule has 0 saturated carbocycles. The number of fused-ring (bicyclic) bond motifs is 1. The maximum Gasteiger partial charge on any atom is 0.509 e. The molecule has 5 aliphatic rings. The fourth-order valence-electron chi connectivity index (χ4n) is 13.1. The third kappa shape index (κ3) is 13.7. The largest absolute Gasteiger partial charge is 0.509 e. The van der Waals surface area contributed by atoms with Gasteiger partial charge in [-0.2, -0.15) is 0 Å². The number of carboxylic acid groups (broad SMARTS) is 1. The lowest BCUT2D eigenvalue weighted by Crippen LogP contribution is -2.61. The molecule has 0 radical (unpaired) electrons. The zero-order valence-electron chi connectivity index (χ0n) is 49.6. The Morgan fingerprint density at radius 2 is 1.68 bits per heavy atom. The summed E-state index contributed by atoms with van der Waals surface area (Å²) in [5, 5.41) is 38.1. The van der Waals surface area contributed by atoms with Gasteiger partial charge in [0, 0.05) is 79.4 Å². The van der Waals surface area contributed by atoms with Gasteiger partial charge in [-0.15, -0.1) is 11.8 Å². The number of benzene rings is 1. The second-order valence-electron chi connectivity index (χ2n) is 24.3. The SMILES string of the molecule is CC[C@H]1OC(=O)[C@H](C)[C@@H](O[C@H]2C[C@@](C)(OC)[C@@H](OC(=O)CCNCCSc3cc4c5c(c3)c(=O)c(C(=O)O)cn5C(C)CC4)[C@H](C)O2)[C@H](C)[C@@H](O[C@@H]2O[C@H](C)C[C@H](N(C)C)[C@H]2O)[C@](C)(O)C[C@@H](C)CN(C)[C@H](C)[C@@H]2OC(=O)O[C@]12C. The standard InChI is InChI=1S/C58H90N4O17S/c1-16-42-58(11)50(78-55(69)79-58)35(7)61(14)28-30(2)26-56(9,70)49(77-54-47(65)41(60(12)13)23-32(4)72-54)33(5)48(34(6)53(68)74-42)76-44-27-57(10,71-15)51(36(8)73-44)75-43(63)19-20-59-21-22-80-38-24-37-18-17-31(3)62-29-40(52(66)67)46(64)39(25-38)45(37)62/h24-25,29-36,41-42,44,47-51,54,59,65,70H,16-23,26-28H2,1-15H3,(H,66,67)/t30-,31?,32-,33+,34-,35-,36+,41+,42-,44+,47-,48+,49-,50+,51+,54+,56-,57-,58-/m1/s1. The molecule has 4 fully saturated rings. The lowest BCUT2D eigenvalue weighted by molar-refractivity contribution is -0.318. The highest BCUT2D eigenvalue weighted by Gasteiger charge is 2.58. The summed E-state index contributed by atoms with van der Waals surface area (Å²) in [5.41, 5.74) is -3.08. The van der Waals surface area contributed by atoms with Crippen LogP contribution in [0.5, 0.6) is 0 Å². The number of nitrogens with zero attached hydrogens (tertiary/aromatic N) is 3. The number of aliphatic hydroxyl groups is 2. The number of ether oxygens (including phenoxy) is 9. The monoisotopic (exact) mass is 1150 g/mol. The Bertz CT molecular complexity index is 2580. The van der Waals surface area contributed by atoms with Crippen molar-refractivity contribution in [2.24, 2.45) is 17.8 Å². The van der Waals surface area contributed by atoms with Crippen molar-refractivity contribution in [3.8, 4) is 0 Å². The average Bonchev–Trinajstić information content (AvgIpc) is 3.80. The number of methoxy groups -OCH3 is 1. The maximum absolute atomic E-state index is 14.8. The summed E-state index contributed by atoms with van der Waals surface area (Å²) in [6.07, 6.45) is -5.94. The van der Waals surface area contributed by atoms with Crippen LogP contribution in [0.3, 0.4) is 0 Å². The van der Waals surface area contributed by atoms with Gasteiger partial charge in [0.1, 0.15) is 23.4 Å². The summed E-state index contributed by atoms with van der Waals surface area (Å²) in [4.78, 5) is 71.4. The van der Waals surface area contributed by atoms with E-state index in [1.165, 1.54) is 25.1 Å². The summed E-state index contributed by atoms with van der Waals surface area (Å²) in [5.74, 6) is -3.86. The first kappa shape index (κ1) is 63.6. The van der Waals surface area contributed by atoms with Crippen LogP contribution in [0.1, 0.15) is 137 Å². The van der Waals surface area contributed by atoms with Crippen molar-refractivity contribution in [3.63, 3.8) is 0 Å². The van der Waals surface area contributed by atoms with Crippen LogP contribution in [0, 0.1) is 17.8 Å². The number of carbonyl (C=O) groups is 4. The van der Waals surface area contributed by atoms with Gasteiger partial charge in [-0.05, 0) is 132 Å². The van der Waals surface area contributed by atoms with E-state index in [9.17, 15) is 39.3 Å². The molecular formula is C58H90N4O17S. The Morgan fingerprint density at radius 1 is 0.963 bits per heavy atom. The molecule has 0 bridgehead atoms. The molecule has 1 aromatic carbocycles. The first-order valence-corrected chi connectivity index (χ1v) is 29.5. The number of cyclic esters (lactones) is 1. The Morgan fingerprint density at radius 3 is 2.34 bits per heavy atom. The van der Waals surface area contributed by atoms with E-state index in [-0.39, 0.29) is 55.4 Å². The van der Waals surface area contributed by atoms with Gasteiger partial charge in [0.25, 0.3) is 0 Å². The molecule has 22 heteroatoms. The number of aryl methyl sites for hydroxylation is 1. The summed E-state index contributed by atoms with van der Waals surface area (Å²) in [7, 11) is 7.18. The number of esters is 2. The highest BCUT2D eigenvalue weighted by atomic mass is 32.2. The molecule has 5 aliphatic heterocycles. The molecule has 80 heavy (non-hydrogen) atoms. The highest BCUT2D eigenvalue weighted by molar-refractivity contribution is 7.99. The number of hydrogen-bond donors (Lipinski definition) is 4. The van der Waals surface area contributed by atoms with E-state index in [0.717, 1.165) is 28.8 Å². The average molecular weight is 1150 g/mol. The number of hydrogen-bond acceptors (Lipinski definition) is 20. The van der Waals surface area contributed by atoms with E-state index in [0.29, 0.717) is 37.2 Å². The number of rotatable bonds is 16. The van der Waals surface area contributed by atoms with Crippen LogP contribution in [0.2, 0.25) is 0 Å². The van der Waals surface area contributed by atoms with E-state index >= 15 is 0 Å². The van der Waals surface area contributed by atoms with Gasteiger partial charge in [-0.25, -0.2) is 9.59 Å². The van der Waals surface area contributed by atoms with Gasteiger partial charge >= 0.3 is 24.1 Å². The van der Waals surface area contributed by atoms with Crippen molar-refractivity contribution in [2.45, 2.75) is 222 Å². The summed E-state index contributed by atoms with van der Waals surface area (Å²) in [6, 6.07) is 3.19. The summed E-state index contributed by atoms with van der Waals surface area (Å²) < 4.78 is 59.0. The second kappa shape index (κ2) is 25.9. The second-order valence-corrected chi connectivity index (χ2v) is 25.5. The van der Waals surface area contributed by atoms with Gasteiger partial charge in [-0.1, -0.05) is 20.8 Å². The van der Waals surface area contributed by atoms with Crippen molar-refractivity contribution < 1.29 is 77.1 Å². The highest BCUT2D eigenvalue weighted by Crippen LogP contribution is 2.43. The molecule has 1 aromatic heterocycles. The van der Waals surface area contributed by atoms with E-state index in [2.05, 4.69) is 11.4 Å². The van der Waals surface area contributed by atoms with Crippen molar-refractivity contribution in [2.75, 3.05) is 53.6 Å². The number of carboxylic acids is 1. The van der Waals surface area contributed by atoms with E-state index < -0.39 is 119 Å². The predicted octanol–water partition coefficient (Wildman–Crippen LogP) is 5.93. The molecule has 0 amide bonds. The molecule has 21 nitrogen and oxygen atoms in total. The third-order valence-electron chi connectivity index (χ3n) is 17.7. The minimum atomic E-state index is -1.63. The van der Waals surface area contributed by atoms with Gasteiger partial charge in [-0.3, -0.25) is 19.3 Å². The van der Waals surface area contributed by atoms with Crippen LogP contribution in [0.25, 0.3) is 10.9 Å². The fourth-order valence-corrected chi connectivity index (χ4v) is 14.0. The normalized spacial score (nSPS) is 38.4. The molecule has 0 spiro atoms. The number of aromatic carboxylic acids is 1. The predicted molar refractivity (Wildman–Crippen MR) is 298 cm³/mol. The first-order chi connectivity index (χ1) is 37.5. The van der Waals surface area contributed by atoms with E-state index in [4.69, 9.17) is 42.6 Å². The number of carbonyl (C=O) groups excluding carboxylic acids is 3. The smallest absolute Gasteiger partial charge is 0.477 e.